The molecule has 0 bridgehead atoms. The Kier molecular flexibility index (Phi) is 6.47. The summed E-state index contributed by atoms with van der Waals surface area (Å²) in [5.74, 6) is 0.556. The minimum Gasteiger partial charge on any atom is -0.392 e. The minimum absolute atomic E-state index is 0.0706. The number of aliphatic hydroxyl groups is 1. The molecule has 5 nitrogen and oxygen atoms in total. The molecule has 0 radical (unpaired) electrons. The number of para-hydroxylation sites is 1. The SMILES string of the molecule is O=C(CSC[C@@H](O)CON=C1c2ccccc2-c2ccccc21)Nc1ccccc1. The standard InChI is InChI=1S/C24H22N2O3S/c27-18(15-30-16-23(28)25-17-8-2-1-3-9-17)14-29-26-24-21-12-6-4-10-19(21)20-11-5-7-13-22(20)24/h1-13,18,27H,14-16H2,(H,25,28)/t18-/m0/s1. The van der Waals surface area contributed by atoms with Crippen molar-refractivity contribution >= 4 is 29.1 Å². The Hall–Kier alpha value is -3.09. The molecule has 0 saturated carbocycles. The number of amides is 1. The van der Waals surface area contributed by atoms with Gasteiger partial charge in [0.05, 0.1) is 11.9 Å². The number of anilines is 1. The number of aliphatic hydroxyl groups excluding tert-OH is 1. The molecule has 6 heteroatoms. The predicted octanol–water partition coefficient (Wildman–Crippen LogP) is 4.17. The smallest absolute Gasteiger partial charge is 0.234 e. The molecule has 0 spiro atoms. The predicted molar refractivity (Wildman–Crippen MR) is 122 cm³/mol. The van der Waals surface area contributed by atoms with Gasteiger partial charge < -0.3 is 15.3 Å². The fourth-order valence-electron chi connectivity index (χ4n) is 3.33. The molecule has 1 amide bonds. The van der Waals surface area contributed by atoms with Gasteiger partial charge in [-0.25, -0.2) is 0 Å². The highest BCUT2D eigenvalue weighted by atomic mass is 32.2. The molecule has 0 fully saturated rings. The van der Waals surface area contributed by atoms with Crippen LogP contribution in [0.2, 0.25) is 0 Å². The fraction of sp³-hybridized carbons (Fsp3) is 0.167. The van der Waals surface area contributed by atoms with Crippen molar-refractivity contribution in [3.8, 4) is 11.1 Å². The molecular weight excluding hydrogens is 396 g/mol. The van der Waals surface area contributed by atoms with Crippen LogP contribution in [-0.4, -0.2) is 40.9 Å². The van der Waals surface area contributed by atoms with Gasteiger partial charge in [0.1, 0.15) is 12.3 Å². The Morgan fingerprint density at radius 1 is 0.900 bits per heavy atom. The van der Waals surface area contributed by atoms with Gasteiger partial charge in [-0.3, -0.25) is 4.79 Å². The third-order valence-corrected chi connectivity index (χ3v) is 5.77. The number of carbonyl (C=O) groups excluding carboxylic acids is 1. The van der Waals surface area contributed by atoms with Crippen molar-refractivity contribution in [3.05, 3.63) is 90.0 Å². The second kappa shape index (κ2) is 9.61. The largest absolute Gasteiger partial charge is 0.392 e. The molecule has 0 aromatic heterocycles. The van der Waals surface area contributed by atoms with Gasteiger partial charge in [-0.2, -0.15) is 0 Å². The highest BCUT2D eigenvalue weighted by Crippen LogP contribution is 2.36. The molecular formula is C24H22N2O3S. The highest BCUT2D eigenvalue weighted by Gasteiger charge is 2.24. The number of rotatable bonds is 8. The lowest BCUT2D eigenvalue weighted by Crippen LogP contribution is -2.20. The number of fused-ring (bicyclic) bond motifs is 3. The molecule has 0 saturated heterocycles. The monoisotopic (exact) mass is 418 g/mol. The number of nitrogens with zero attached hydrogens (tertiary/aromatic N) is 1. The van der Waals surface area contributed by atoms with Crippen molar-refractivity contribution in [1.29, 1.82) is 0 Å². The molecule has 1 atom stereocenters. The molecule has 1 aliphatic carbocycles. The fourth-order valence-corrected chi connectivity index (χ4v) is 4.08. The van der Waals surface area contributed by atoms with E-state index in [2.05, 4.69) is 22.6 Å². The van der Waals surface area contributed by atoms with E-state index in [1.54, 1.807) is 0 Å². The van der Waals surface area contributed by atoms with Crippen LogP contribution >= 0.6 is 11.8 Å². The lowest BCUT2D eigenvalue weighted by molar-refractivity contribution is -0.113. The molecule has 0 unspecified atom stereocenters. The van der Waals surface area contributed by atoms with Gasteiger partial charge >= 0.3 is 0 Å². The molecule has 30 heavy (non-hydrogen) atoms. The van der Waals surface area contributed by atoms with E-state index in [0.717, 1.165) is 33.7 Å². The van der Waals surface area contributed by atoms with Crippen molar-refractivity contribution in [2.75, 3.05) is 23.4 Å². The first-order valence-electron chi connectivity index (χ1n) is 9.72. The summed E-state index contributed by atoms with van der Waals surface area (Å²) in [5.41, 5.74) is 5.87. The zero-order valence-electron chi connectivity index (χ0n) is 16.3. The zero-order chi connectivity index (χ0) is 20.8. The summed E-state index contributed by atoms with van der Waals surface area (Å²) in [6.45, 7) is 0.0706. The van der Waals surface area contributed by atoms with Crippen LogP contribution in [0.15, 0.2) is 84.0 Å². The van der Waals surface area contributed by atoms with Gasteiger partial charge in [-0.05, 0) is 23.3 Å². The maximum absolute atomic E-state index is 11.9. The van der Waals surface area contributed by atoms with Crippen molar-refractivity contribution in [1.82, 2.24) is 0 Å². The van der Waals surface area contributed by atoms with Gasteiger partial charge in [0.25, 0.3) is 0 Å². The van der Waals surface area contributed by atoms with Crippen LogP contribution in [0.1, 0.15) is 11.1 Å². The zero-order valence-corrected chi connectivity index (χ0v) is 17.1. The summed E-state index contributed by atoms with van der Waals surface area (Å²) >= 11 is 1.36. The van der Waals surface area contributed by atoms with Gasteiger partial charge in [0.15, 0.2) is 0 Å². The van der Waals surface area contributed by atoms with Crippen LogP contribution in [-0.2, 0) is 9.63 Å². The van der Waals surface area contributed by atoms with E-state index in [1.807, 2.05) is 66.7 Å². The Bertz CT molecular complexity index is 1010. The highest BCUT2D eigenvalue weighted by molar-refractivity contribution is 8.00. The van der Waals surface area contributed by atoms with Gasteiger partial charge in [0.2, 0.25) is 5.91 Å². The van der Waals surface area contributed by atoms with Gasteiger partial charge in [0, 0.05) is 22.6 Å². The van der Waals surface area contributed by atoms with Crippen LogP contribution in [0.5, 0.6) is 0 Å². The van der Waals surface area contributed by atoms with E-state index in [1.165, 1.54) is 11.8 Å². The average Bonchev–Trinajstić information content (AvgIpc) is 3.09. The Labute approximate surface area is 179 Å². The number of oxime groups is 1. The number of benzene rings is 3. The number of carbonyl (C=O) groups is 1. The summed E-state index contributed by atoms with van der Waals surface area (Å²) in [6, 6.07) is 25.5. The second-order valence-corrected chi connectivity index (χ2v) is 7.94. The molecule has 4 rings (SSSR count). The summed E-state index contributed by atoms with van der Waals surface area (Å²) < 4.78 is 0. The lowest BCUT2D eigenvalue weighted by Gasteiger charge is -2.10. The van der Waals surface area contributed by atoms with Gasteiger partial charge in [-0.15, -0.1) is 11.8 Å². The number of thioether (sulfide) groups is 1. The van der Waals surface area contributed by atoms with E-state index in [-0.39, 0.29) is 18.3 Å². The molecule has 0 heterocycles. The molecule has 2 N–H and O–H groups in total. The molecule has 3 aromatic rings. The quantitative estimate of drug-likeness (QED) is 0.422. The van der Waals surface area contributed by atoms with Crippen LogP contribution in [0, 0.1) is 0 Å². The first-order chi connectivity index (χ1) is 14.7. The molecule has 0 aliphatic heterocycles. The lowest BCUT2D eigenvalue weighted by atomic mass is 10.1. The van der Waals surface area contributed by atoms with E-state index >= 15 is 0 Å². The van der Waals surface area contributed by atoms with Crippen molar-refractivity contribution in [2.24, 2.45) is 5.16 Å². The summed E-state index contributed by atoms with van der Waals surface area (Å²) in [4.78, 5) is 17.4. The van der Waals surface area contributed by atoms with E-state index < -0.39 is 6.10 Å². The maximum atomic E-state index is 11.9. The first kappa shape index (κ1) is 20.2. The Balaban J connectivity index is 1.27. The summed E-state index contributed by atoms with van der Waals surface area (Å²) in [7, 11) is 0. The summed E-state index contributed by atoms with van der Waals surface area (Å²) in [6.07, 6.45) is -0.712. The van der Waals surface area contributed by atoms with Crippen LogP contribution < -0.4 is 5.32 Å². The maximum Gasteiger partial charge on any atom is 0.234 e. The number of nitrogens with one attached hydrogen (secondary N) is 1. The molecule has 3 aromatic carbocycles. The Morgan fingerprint density at radius 2 is 1.47 bits per heavy atom. The Morgan fingerprint density at radius 3 is 2.10 bits per heavy atom. The first-order valence-corrected chi connectivity index (χ1v) is 10.9. The van der Waals surface area contributed by atoms with Crippen molar-refractivity contribution < 1.29 is 14.7 Å². The average molecular weight is 419 g/mol. The second-order valence-electron chi connectivity index (χ2n) is 6.91. The third-order valence-electron chi connectivity index (χ3n) is 4.68. The van der Waals surface area contributed by atoms with Gasteiger partial charge in [-0.1, -0.05) is 71.9 Å². The van der Waals surface area contributed by atoms with Crippen molar-refractivity contribution in [3.63, 3.8) is 0 Å². The van der Waals surface area contributed by atoms with Crippen LogP contribution in [0.3, 0.4) is 0 Å². The number of hydrogen-bond donors (Lipinski definition) is 2. The van der Waals surface area contributed by atoms with E-state index in [9.17, 15) is 9.90 Å². The topological polar surface area (TPSA) is 70.9 Å². The normalized spacial score (nSPS) is 12.6. The molecule has 1 aliphatic rings. The number of hydrogen-bond acceptors (Lipinski definition) is 5. The summed E-state index contributed by atoms with van der Waals surface area (Å²) in [5, 5.41) is 17.3. The van der Waals surface area contributed by atoms with E-state index in [4.69, 9.17) is 4.84 Å². The third kappa shape index (κ3) is 4.72. The minimum atomic E-state index is -0.712. The molecule has 152 valence electrons. The van der Waals surface area contributed by atoms with Crippen molar-refractivity contribution in [2.45, 2.75) is 6.10 Å². The van der Waals surface area contributed by atoms with Crippen LogP contribution in [0.4, 0.5) is 5.69 Å². The van der Waals surface area contributed by atoms with Crippen LogP contribution in [0.25, 0.3) is 11.1 Å². The van der Waals surface area contributed by atoms with E-state index in [0.29, 0.717) is 5.75 Å².